The Morgan fingerprint density at radius 1 is 1.14 bits per heavy atom. The molecule has 3 aromatic rings. The summed E-state index contributed by atoms with van der Waals surface area (Å²) in [7, 11) is 0. The van der Waals surface area contributed by atoms with Crippen LogP contribution in [-0.4, -0.2) is 36.6 Å². The molecule has 8 heteroatoms. The standard InChI is InChI=1S/C21H19FN4O3/c22-16-11-15(12-17(13-16)24-21(28)18-6-10-29-25-18)20(27)23-7-9-26-8-5-14-3-1-2-4-19(14)26/h1-4,6,10-13H,5,7-9H2,(H,23,27)(H,24,28). The number of fused-ring (bicyclic) bond motifs is 1. The second-order valence-electron chi connectivity index (χ2n) is 6.69. The van der Waals surface area contributed by atoms with Crippen LogP contribution in [0.4, 0.5) is 15.8 Å². The van der Waals surface area contributed by atoms with Gasteiger partial charge in [0.05, 0.1) is 0 Å². The predicted octanol–water partition coefficient (Wildman–Crippen LogP) is 2.86. The molecule has 148 valence electrons. The minimum absolute atomic E-state index is 0.0613. The molecule has 2 heterocycles. The zero-order chi connectivity index (χ0) is 20.2. The van der Waals surface area contributed by atoms with E-state index in [4.69, 9.17) is 0 Å². The number of nitrogens with zero attached hydrogens (tertiary/aromatic N) is 2. The normalized spacial score (nSPS) is 12.5. The Bertz CT molecular complexity index is 1040. The lowest BCUT2D eigenvalue weighted by atomic mass is 10.1. The lowest BCUT2D eigenvalue weighted by molar-refractivity contribution is 0.0952. The number of benzene rings is 2. The summed E-state index contributed by atoms with van der Waals surface area (Å²) in [5.41, 5.74) is 2.84. The maximum atomic E-state index is 13.9. The Morgan fingerprint density at radius 2 is 2.00 bits per heavy atom. The lowest BCUT2D eigenvalue weighted by Crippen LogP contribution is -2.34. The maximum absolute atomic E-state index is 13.9. The second-order valence-corrected chi connectivity index (χ2v) is 6.69. The van der Waals surface area contributed by atoms with E-state index >= 15 is 0 Å². The van der Waals surface area contributed by atoms with Crippen molar-refractivity contribution in [2.75, 3.05) is 29.9 Å². The van der Waals surface area contributed by atoms with E-state index in [1.807, 2.05) is 12.1 Å². The number of rotatable bonds is 6. The van der Waals surface area contributed by atoms with Crippen LogP contribution in [0.25, 0.3) is 0 Å². The van der Waals surface area contributed by atoms with Crippen LogP contribution in [0.1, 0.15) is 26.4 Å². The first kappa shape index (κ1) is 18.7. The Labute approximate surface area is 166 Å². The summed E-state index contributed by atoms with van der Waals surface area (Å²) >= 11 is 0. The first-order valence-electron chi connectivity index (χ1n) is 9.23. The summed E-state index contributed by atoms with van der Waals surface area (Å²) in [6, 6.07) is 13.3. The maximum Gasteiger partial charge on any atom is 0.277 e. The zero-order valence-corrected chi connectivity index (χ0v) is 15.5. The summed E-state index contributed by atoms with van der Waals surface area (Å²) in [6.07, 6.45) is 2.25. The molecule has 29 heavy (non-hydrogen) atoms. The molecule has 0 atom stereocenters. The third-order valence-electron chi connectivity index (χ3n) is 4.74. The fourth-order valence-electron chi connectivity index (χ4n) is 3.36. The number of carbonyl (C=O) groups excluding carboxylic acids is 2. The van der Waals surface area contributed by atoms with Crippen LogP contribution in [-0.2, 0) is 6.42 Å². The summed E-state index contributed by atoms with van der Waals surface area (Å²) in [6.45, 7) is 1.99. The van der Waals surface area contributed by atoms with Crippen molar-refractivity contribution in [1.29, 1.82) is 0 Å². The Balaban J connectivity index is 1.36. The average molecular weight is 394 g/mol. The van der Waals surface area contributed by atoms with Crippen molar-refractivity contribution in [1.82, 2.24) is 10.5 Å². The molecule has 0 spiro atoms. The summed E-state index contributed by atoms with van der Waals surface area (Å²) in [4.78, 5) is 26.7. The van der Waals surface area contributed by atoms with E-state index in [-0.39, 0.29) is 16.9 Å². The molecule has 0 saturated heterocycles. The van der Waals surface area contributed by atoms with Gasteiger partial charge in [0.25, 0.3) is 11.8 Å². The van der Waals surface area contributed by atoms with Gasteiger partial charge in [0.2, 0.25) is 0 Å². The van der Waals surface area contributed by atoms with E-state index in [1.165, 1.54) is 29.6 Å². The van der Waals surface area contributed by atoms with Crippen LogP contribution in [0.5, 0.6) is 0 Å². The molecule has 1 aliphatic rings. The highest BCUT2D eigenvalue weighted by atomic mass is 19.1. The topological polar surface area (TPSA) is 87.5 Å². The molecular formula is C21H19FN4O3. The second kappa shape index (κ2) is 8.14. The van der Waals surface area contributed by atoms with Gasteiger partial charge in [-0.05, 0) is 36.2 Å². The molecule has 1 aliphatic heterocycles. The molecule has 7 nitrogen and oxygen atoms in total. The molecule has 0 unspecified atom stereocenters. The third kappa shape index (κ3) is 4.26. The van der Waals surface area contributed by atoms with Crippen molar-refractivity contribution in [3.05, 3.63) is 77.4 Å². The van der Waals surface area contributed by atoms with E-state index in [9.17, 15) is 14.0 Å². The van der Waals surface area contributed by atoms with Crippen molar-refractivity contribution in [3.63, 3.8) is 0 Å². The predicted molar refractivity (Wildman–Crippen MR) is 106 cm³/mol. The average Bonchev–Trinajstić information content (AvgIpc) is 3.38. The van der Waals surface area contributed by atoms with Crippen LogP contribution in [0.3, 0.4) is 0 Å². The molecule has 2 amide bonds. The van der Waals surface area contributed by atoms with Gasteiger partial charge < -0.3 is 20.1 Å². The molecule has 2 aromatic carbocycles. The fraction of sp³-hybridized carbons (Fsp3) is 0.190. The molecule has 0 bridgehead atoms. The van der Waals surface area contributed by atoms with Gasteiger partial charge in [0, 0.05) is 42.6 Å². The Morgan fingerprint density at radius 3 is 2.83 bits per heavy atom. The molecule has 0 fully saturated rings. The van der Waals surface area contributed by atoms with Crippen molar-refractivity contribution < 1.29 is 18.5 Å². The number of hydrogen-bond donors (Lipinski definition) is 2. The van der Waals surface area contributed by atoms with E-state index in [0.29, 0.717) is 13.1 Å². The number of anilines is 2. The van der Waals surface area contributed by atoms with E-state index in [2.05, 4.69) is 37.3 Å². The van der Waals surface area contributed by atoms with Crippen molar-refractivity contribution in [2.24, 2.45) is 0 Å². The van der Waals surface area contributed by atoms with Gasteiger partial charge in [-0.3, -0.25) is 9.59 Å². The van der Waals surface area contributed by atoms with E-state index < -0.39 is 17.6 Å². The highest BCUT2D eigenvalue weighted by Crippen LogP contribution is 2.26. The summed E-state index contributed by atoms with van der Waals surface area (Å²) in [5.74, 6) is -1.58. The van der Waals surface area contributed by atoms with Gasteiger partial charge in [-0.1, -0.05) is 23.4 Å². The minimum Gasteiger partial charge on any atom is -0.369 e. The van der Waals surface area contributed by atoms with Crippen molar-refractivity contribution >= 4 is 23.2 Å². The quantitative estimate of drug-likeness (QED) is 0.671. The minimum atomic E-state index is -0.624. The highest BCUT2D eigenvalue weighted by Gasteiger charge is 2.18. The van der Waals surface area contributed by atoms with Crippen LogP contribution < -0.4 is 15.5 Å². The van der Waals surface area contributed by atoms with Crippen molar-refractivity contribution in [3.8, 4) is 0 Å². The Kier molecular flexibility index (Phi) is 5.24. The van der Waals surface area contributed by atoms with Gasteiger partial charge in [-0.2, -0.15) is 0 Å². The molecule has 0 radical (unpaired) electrons. The monoisotopic (exact) mass is 394 g/mol. The number of carbonyl (C=O) groups is 2. The largest absolute Gasteiger partial charge is 0.369 e. The van der Waals surface area contributed by atoms with Crippen LogP contribution in [0.2, 0.25) is 0 Å². The number of halogens is 1. The first-order chi connectivity index (χ1) is 14.1. The van der Waals surface area contributed by atoms with E-state index in [1.54, 1.807) is 0 Å². The number of amides is 2. The van der Waals surface area contributed by atoms with Crippen LogP contribution in [0, 0.1) is 5.82 Å². The van der Waals surface area contributed by atoms with Gasteiger partial charge in [0.1, 0.15) is 12.1 Å². The molecular weight excluding hydrogens is 375 g/mol. The third-order valence-corrected chi connectivity index (χ3v) is 4.74. The Hall–Kier alpha value is -3.68. The molecule has 0 aliphatic carbocycles. The molecule has 1 aromatic heterocycles. The molecule has 4 rings (SSSR count). The summed E-state index contributed by atoms with van der Waals surface area (Å²) < 4.78 is 18.6. The number of aromatic nitrogens is 1. The molecule has 2 N–H and O–H groups in total. The smallest absolute Gasteiger partial charge is 0.277 e. The highest BCUT2D eigenvalue weighted by molar-refractivity contribution is 6.03. The van der Waals surface area contributed by atoms with E-state index in [0.717, 1.165) is 25.1 Å². The number of para-hydroxylation sites is 1. The van der Waals surface area contributed by atoms with Crippen molar-refractivity contribution in [2.45, 2.75) is 6.42 Å². The first-order valence-corrected chi connectivity index (χ1v) is 9.23. The van der Waals surface area contributed by atoms with Gasteiger partial charge >= 0.3 is 0 Å². The van der Waals surface area contributed by atoms with Crippen LogP contribution in [0.15, 0.2) is 59.3 Å². The van der Waals surface area contributed by atoms with Gasteiger partial charge in [-0.15, -0.1) is 0 Å². The summed E-state index contributed by atoms with van der Waals surface area (Å²) in [5, 5.41) is 8.83. The van der Waals surface area contributed by atoms with Crippen LogP contribution >= 0.6 is 0 Å². The number of hydrogen-bond acceptors (Lipinski definition) is 5. The fourth-order valence-corrected chi connectivity index (χ4v) is 3.36. The van der Waals surface area contributed by atoms with Gasteiger partial charge in [-0.25, -0.2) is 4.39 Å². The SMILES string of the molecule is O=C(NCCN1CCc2ccccc21)c1cc(F)cc(NC(=O)c2ccon2)c1. The van der Waals surface area contributed by atoms with Gasteiger partial charge in [0.15, 0.2) is 5.69 Å². The number of nitrogens with one attached hydrogen (secondary N) is 2. The lowest BCUT2D eigenvalue weighted by Gasteiger charge is -2.19. The molecule has 0 saturated carbocycles. The zero-order valence-electron chi connectivity index (χ0n) is 15.5.